The molecule has 0 radical (unpaired) electrons. The lowest BCUT2D eigenvalue weighted by Gasteiger charge is -2.09. The Morgan fingerprint density at radius 1 is 1.09 bits per heavy atom. The van der Waals surface area contributed by atoms with Crippen molar-refractivity contribution in [3.63, 3.8) is 0 Å². The summed E-state index contributed by atoms with van der Waals surface area (Å²) in [7, 11) is 0. The Balaban J connectivity index is 2.37. The molecule has 0 aliphatic carbocycles. The van der Waals surface area contributed by atoms with Crippen molar-refractivity contribution in [2.75, 3.05) is 6.61 Å². The Labute approximate surface area is 129 Å². The van der Waals surface area contributed by atoms with E-state index in [1.807, 2.05) is 26.8 Å². The number of hydrogen-bond acceptors (Lipinski definition) is 3. The molecule has 0 aliphatic heterocycles. The van der Waals surface area contributed by atoms with Crippen LogP contribution in [0.2, 0.25) is 0 Å². The number of rotatable bonds is 5. The highest BCUT2D eigenvalue weighted by Crippen LogP contribution is 2.13. The Morgan fingerprint density at radius 2 is 1.77 bits per heavy atom. The second-order valence-electron chi connectivity index (χ2n) is 5.14. The minimum atomic E-state index is -0.561. The van der Waals surface area contributed by atoms with E-state index in [4.69, 9.17) is 4.74 Å². The SMILES string of the molecule is CCOc1ccc(-n2ccn(CC=C(C)C)c(=O)c2=O)cc1. The van der Waals surface area contributed by atoms with Gasteiger partial charge in [-0.15, -0.1) is 0 Å². The van der Waals surface area contributed by atoms with E-state index in [9.17, 15) is 9.59 Å². The average Bonchev–Trinajstić information content (AvgIpc) is 2.50. The van der Waals surface area contributed by atoms with Crippen LogP contribution >= 0.6 is 0 Å². The first-order chi connectivity index (χ1) is 10.5. The van der Waals surface area contributed by atoms with Crippen LogP contribution < -0.4 is 15.9 Å². The fourth-order valence-corrected chi connectivity index (χ4v) is 2.01. The van der Waals surface area contributed by atoms with Gasteiger partial charge in [-0.05, 0) is 45.0 Å². The monoisotopic (exact) mass is 300 g/mol. The van der Waals surface area contributed by atoms with E-state index in [1.165, 1.54) is 9.13 Å². The molecule has 2 aromatic rings. The lowest BCUT2D eigenvalue weighted by Crippen LogP contribution is -2.39. The summed E-state index contributed by atoms with van der Waals surface area (Å²) in [4.78, 5) is 24.3. The van der Waals surface area contributed by atoms with Crippen LogP contribution in [0, 0.1) is 0 Å². The first-order valence-electron chi connectivity index (χ1n) is 7.21. The molecule has 0 amide bonds. The van der Waals surface area contributed by atoms with Gasteiger partial charge in [-0.2, -0.15) is 0 Å². The van der Waals surface area contributed by atoms with Gasteiger partial charge in [0, 0.05) is 24.6 Å². The Bertz CT molecular complexity index is 779. The molecule has 1 aromatic heterocycles. The summed E-state index contributed by atoms with van der Waals surface area (Å²) >= 11 is 0. The van der Waals surface area contributed by atoms with Gasteiger partial charge in [0.25, 0.3) is 0 Å². The molecule has 116 valence electrons. The van der Waals surface area contributed by atoms with Gasteiger partial charge in [-0.1, -0.05) is 11.6 Å². The maximum atomic E-state index is 12.2. The normalized spacial score (nSPS) is 10.3. The summed E-state index contributed by atoms with van der Waals surface area (Å²) < 4.78 is 8.11. The van der Waals surface area contributed by atoms with Gasteiger partial charge in [0.15, 0.2) is 0 Å². The van der Waals surface area contributed by atoms with Crippen molar-refractivity contribution in [1.29, 1.82) is 0 Å². The highest BCUT2D eigenvalue weighted by Gasteiger charge is 2.06. The molecule has 0 fully saturated rings. The number of aromatic nitrogens is 2. The van der Waals surface area contributed by atoms with Gasteiger partial charge >= 0.3 is 11.1 Å². The van der Waals surface area contributed by atoms with Crippen molar-refractivity contribution in [3.05, 3.63) is 69.0 Å². The van der Waals surface area contributed by atoms with E-state index in [0.717, 1.165) is 11.3 Å². The lowest BCUT2D eigenvalue weighted by molar-refractivity contribution is 0.340. The lowest BCUT2D eigenvalue weighted by atomic mass is 10.3. The number of ether oxygens (including phenoxy) is 1. The highest BCUT2D eigenvalue weighted by atomic mass is 16.5. The molecule has 5 heteroatoms. The molecule has 0 saturated carbocycles. The summed E-state index contributed by atoms with van der Waals surface area (Å²) in [5.74, 6) is 0.733. The predicted molar refractivity (Wildman–Crippen MR) is 86.9 cm³/mol. The zero-order chi connectivity index (χ0) is 16.1. The standard InChI is InChI=1S/C17H20N2O3/c1-4-22-15-7-5-14(6-8-15)19-12-11-18(10-9-13(2)3)16(20)17(19)21/h5-9,11-12H,4,10H2,1-3H3. The van der Waals surface area contributed by atoms with Gasteiger partial charge in [-0.3, -0.25) is 14.2 Å². The third kappa shape index (κ3) is 3.55. The van der Waals surface area contributed by atoms with Crippen molar-refractivity contribution >= 4 is 0 Å². The molecule has 0 spiro atoms. The summed E-state index contributed by atoms with van der Waals surface area (Å²) in [5.41, 5.74) is 0.644. The van der Waals surface area contributed by atoms with Gasteiger partial charge in [0.2, 0.25) is 0 Å². The number of nitrogens with zero attached hydrogens (tertiary/aromatic N) is 2. The van der Waals surface area contributed by atoms with Gasteiger partial charge in [0.05, 0.1) is 6.61 Å². The molecule has 2 rings (SSSR count). The smallest absolute Gasteiger partial charge is 0.320 e. The van der Waals surface area contributed by atoms with Crippen LogP contribution in [0.5, 0.6) is 5.75 Å². The molecule has 0 unspecified atom stereocenters. The Kier molecular flexibility index (Phi) is 4.99. The topological polar surface area (TPSA) is 53.2 Å². The molecule has 0 saturated heterocycles. The molecule has 0 bridgehead atoms. The van der Waals surface area contributed by atoms with E-state index in [1.54, 1.807) is 36.7 Å². The molecule has 0 N–H and O–H groups in total. The number of hydrogen-bond donors (Lipinski definition) is 0. The Morgan fingerprint density at radius 3 is 2.36 bits per heavy atom. The van der Waals surface area contributed by atoms with Crippen molar-refractivity contribution < 1.29 is 4.74 Å². The maximum absolute atomic E-state index is 12.2. The third-order valence-corrected chi connectivity index (χ3v) is 3.18. The summed E-state index contributed by atoms with van der Waals surface area (Å²) in [6, 6.07) is 7.07. The van der Waals surface area contributed by atoms with E-state index in [2.05, 4.69) is 0 Å². The zero-order valence-electron chi connectivity index (χ0n) is 13.1. The van der Waals surface area contributed by atoms with E-state index in [-0.39, 0.29) is 0 Å². The van der Waals surface area contributed by atoms with E-state index in [0.29, 0.717) is 18.8 Å². The number of benzene rings is 1. The second kappa shape index (κ2) is 6.93. The van der Waals surface area contributed by atoms with Crippen LogP contribution in [0.15, 0.2) is 57.9 Å². The van der Waals surface area contributed by atoms with Crippen molar-refractivity contribution in [3.8, 4) is 11.4 Å². The van der Waals surface area contributed by atoms with Crippen LogP contribution in [0.25, 0.3) is 5.69 Å². The van der Waals surface area contributed by atoms with Crippen LogP contribution in [0.1, 0.15) is 20.8 Å². The van der Waals surface area contributed by atoms with Crippen LogP contribution in [-0.2, 0) is 6.54 Å². The third-order valence-electron chi connectivity index (χ3n) is 3.18. The van der Waals surface area contributed by atoms with E-state index < -0.39 is 11.1 Å². The van der Waals surface area contributed by atoms with Gasteiger partial charge < -0.3 is 9.30 Å². The van der Waals surface area contributed by atoms with E-state index >= 15 is 0 Å². The molecule has 5 nitrogen and oxygen atoms in total. The molecule has 22 heavy (non-hydrogen) atoms. The molecular formula is C17H20N2O3. The maximum Gasteiger partial charge on any atom is 0.320 e. The van der Waals surface area contributed by atoms with Crippen molar-refractivity contribution in [1.82, 2.24) is 9.13 Å². The van der Waals surface area contributed by atoms with Crippen LogP contribution in [0.3, 0.4) is 0 Å². The minimum Gasteiger partial charge on any atom is -0.494 e. The highest BCUT2D eigenvalue weighted by molar-refractivity contribution is 5.37. The van der Waals surface area contributed by atoms with Gasteiger partial charge in [-0.25, -0.2) is 0 Å². The molecular weight excluding hydrogens is 280 g/mol. The fraction of sp³-hybridized carbons (Fsp3) is 0.294. The summed E-state index contributed by atoms with van der Waals surface area (Å²) in [6.45, 7) is 6.79. The molecule has 1 aromatic carbocycles. The minimum absolute atomic E-state index is 0.403. The second-order valence-corrected chi connectivity index (χ2v) is 5.14. The largest absolute Gasteiger partial charge is 0.494 e. The average molecular weight is 300 g/mol. The van der Waals surface area contributed by atoms with Crippen LogP contribution in [-0.4, -0.2) is 15.7 Å². The van der Waals surface area contributed by atoms with Crippen molar-refractivity contribution in [2.45, 2.75) is 27.3 Å². The fourth-order valence-electron chi connectivity index (χ4n) is 2.01. The Hall–Kier alpha value is -2.56. The first kappa shape index (κ1) is 15.8. The summed E-state index contributed by atoms with van der Waals surface area (Å²) in [5, 5.41) is 0. The van der Waals surface area contributed by atoms with Crippen LogP contribution in [0.4, 0.5) is 0 Å². The van der Waals surface area contributed by atoms with Gasteiger partial charge in [0.1, 0.15) is 5.75 Å². The molecule has 0 aliphatic rings. The zero-order valence-corrected chi connectivity index (χ0v) is 13.1. The summed E-state index contributed by atoms with van der Waals surface area (Å²) in [6.07, 6.45) is 5.14. The molecule has 0 atom stereocenters. The first-order valence-corrected chi connectivity index (χ1v) is 7.21. The predicted octanol–water partition coefficient (Wildman–Crippen LogP) is 2.36. The van der Waals surface area contributed by atoms with Crippen molar-refractivity contribution in [2.24, 2.45) is 0 Å². The quantitative estimate of drug-likeness (QED) is 0.629. The number of allylic oxidation sites excluding steroid dienone is 2. The molecule has 1 heterocycles.